The van der Waals surface area contributed by atoms with E-state index in [1.54, 1.807) is 48.5 Å². The van der Waals surface area contributed by atoms with Crippen molar-refractivity contribution in [2.45, 2.75) is 43.9 Å². The van der Waals surface area contributed by atoms with Crippen molar-refractivity contribution in [3.63, 3.8) is 0 Å². The van der Waals surface area contributed by atoms with E-state index in [1.807, 2.05) is 0 Å². The van der Waals surface area contributed by atoms with E-state index in [4.69, 9.17) is 5.73 Å². The first kappa shape index (κ1) is 20.2. The number of sulfonamides is 1. The van der Waals surface area contributed by atoms with Crippen LogP contribution in [0.1, 0.15) is 39.0 Å². The third kappa shape index (κ3) is 4.65. The van der Waals surface area contributed by atoms with Crippen LogP contribution >= 0.6 is 0 Å². The molecule has 0 saturated heterocycles. The van der Waals surface area contributed by atoms with Gasteiger partial charge in [0, 0.05) is 19.2 Å². The van der Waals surface area contributed by atoms with Gasteiger partial charge in [-0.05, 0) is 55.2 Å². The standard InChI is InChI=1S/C21H27N3O3S/c1-16(25)23-18-11-13-19(14-12-18)24(15-17-7-3-2-4-8-17)28(26,27)21-10-6-5-9-20(21)22/h5-6,9-14,17H,2-4,7-8,15,22H2,1H3,(H,23,25). The summed E-state index contributed by atoms with van der Waals surface area (Å²) in [5.41, 5.74) is 7.43. The summed E-state index contributed by atoms with van der Waals surface area (Å²) in [6.07, 6.45) is 5.53. The number of rotatable bonds is 6. The maximum atomic E-state index is 13.5. The zero-order valence-electron chi connectivity index (χ0n) is 16.1. The molecular formula is C21H27N3O3S. The number of carbonyl (C=O) groups is 1. The fourth-order valence-electron chi connectivity index (χ4n) is 3.69. The highest BCUT2D eigenvalue weighted by Crippen LogP contribution is 2.32. The highest BCUT2D eigenvalue weighted by Gasteiger charge is 2.29. The van der Waals surface area contributed by atoms with Crippen LogP contribution in [0.5, 0.6) is 0 Å². The molecule has 2 aromatic rings. The van der Waals surface area contributed by atoms with E-state index in [0.29, 0.717) is 23.8 Å². The van der Waals surface area contributed by atoms with Crippen LogP contribution in [-0.2, 0) is 14.8 Å². The number of nitrogens with zero attached hydrogens (tertiary/aromatic N) is 1. The number of nitrogens with one attached hydrogen (secondary N) is 1. The molecule has 1 saturated carbocycles. The smallest absolute Gasteiger partial charge is 0.266 e. The topological polar surface area (TPSA) is 92.5 Å². The van der Waals surface area contributed by atoms with Gasteiger partial charge in [-0.25, -0.2) is 8.42 Å². The molecule has 0 spiro atoms. The highest BCUT2D eigenvalue weighted by molar-refractivity contribution is 7.93. The molecule has 1 fully saturated rings. The molecule has 150 valence electrons. The molecule has 0 bridgehead atoms. The van der Waals surface area contributed by atoms with Crippen LogP contribution < -0.4 is 15.4 Å². The molecule has 1 aliphatic carbocycles. The number of benzene rings is 2. The molecule has 0 aliphatic heterocycles. The molecule has 0 atom stereocenters. The average molecular weight is 402 g/mol. The Kier molecular flexibility index (Phi) is 6.24. The first-order valence-corrected chi connectivity index (χ1v) is 11.1. The van der Waals surface area contributed by atoms with Crippen molar-refractivity contribution in [1.29, 1.82) is 0 Å². The fourth-order valence-corrected chi connectivity index (χ4v) is 5.36. The number of hydrogen-bond donors (Lipinski definition) is 2. The van der Waals surface area contributed by atoms with Crippen molar-refractivity contribution >= 4 is 33.0 Å². The molecule has 3 N–H and O–H groups in total. The van der Waals surface area contributed by atoms with Gasteiger partial charge < -0.3 is 11.1 Å². The Hall–Kier alpha value is -2.54. The van der Waals surface area contributed by atoms with E-state index in [-0.39, 0.29) is 16.5 Å². The summed E-state index contributed by atoms with van der Waals surface area (Å²) in [6, 6.07) is 13.4. The zero-order chi connectivity index (χ0) is 20.1. The van der Waals surface area contributed by atoms with Gasteiger partial charge in [-0.2, -0.15) is 0 Å². The molecular weight excluding hydrogens is 374 g/mol. The number of para-hydroxylation sites is 1. The Bertz CT molecular complexity index is 920. The van der Waals surface area contributed by atoms with Gasteiger partial charge >= 0.3 is 0 Å². The van der Waals surface area contributed by atoms with Crippen molar-refractivity contribution in [1.82, 2.24) is 0 Å². The first-order valence-electron chi connectivity index (χ1n) is 9.63. The maximum Gasteiger partial charge on any atom is 0.266 e. The third-order valence-electron chi connectivity index (χ3n) is 5.11. The van der Waals surface area contributed by atoms with E-state index in [2.05, 4.69) is 5.32 Å². The number of amides is 1. The normalized spacial score (nSPS) is 15.2. The third-order valence-corrected chi connectivity index (χ3v) is 6.98. The van der Waals surface area contributed by atoms with Crippen molar-refractivity contribution in [3.05, 3.63) is 48.5 Å². The largest absolute Gasteiger partial charge is 0.398 e. The van der Waals surface area contributed by atoms with E-state index in [9.17, 15) is 13.2 Å². The molecule has 1 aliphatic rings. The number of anilines is 3. The molecule has 7 heteroatoms. The summed E-state index contributed by atoms with van der Waals surface area (Å²) < 4.78 is 28.4. The minimum Gasteiger partial charge on any atom is -0.398 e. The summed E-state index contributed by atoms with van der Waals surface area (Å²) in [6.45, 7) is 1.86. The number of carbonyl (C=O) groups excluding carboxylic acids is 1. The van der Waals surface area contributed by atoms with Crippen molar-refractivity contribution < 1.29 is 13.2 Å². The van der Waals surface area contributed by atoms with Crippen LogP contribution in [0.15, 0.2) is 53.4 Å². The molecule has 0 unspecified atom stereocenters. The van der Waals surface area contributed by atoms with Crippen LogP contribution in [0.2, 0.25) is 0 Å². The monoisotopic (exact) mass is 401 g/mol. The Morgan fingerprint density at radius 3 is 2.32 bits per heavy atom. The zero-order valence-corrected chi connectivity index (χ0v) is 16.9. The second-order valence-corrected chi connectivity index (χ2v) is 9.14. The van der Waals surface area contributed by atoms with Crippen LogP contribution in [0.25, 0.3) is 0 Å². The molecule has 28 heavy (non-hydrogen) atoms. The van der Waals surface area contributed by atoms with Gasteiger partial charge in [-0.15, -0.1) is 0 Å². The maximum absolute atomic E-state index is 13.5. The lowest BCUT2D eigenvalue weighted by Crippen LogP contribution is -2.36. The second-order valence-electron chi connectivity index (χ2n) is 7.31. The van der Waals surface area contributed by atoms with Gasteiger partial charge in [-0.1, -0.05) is 31.4 Å². The van der Waals surface area contributed by atoms with E-state index < -0.39 is 10.0 Å². The number of nitrogen functional groups attached to an aromatic ring is 1. The summed E-state index contributed by atoms with van der Waals surface area (Å²) >= 11 is 0. The molecule has 2 aromatic carbocycles. The van der Waals surface area contributed by atoms with Gasteiger partial charge in [0.25, 0.3) is 10.0 Å². The predicted octanol–water partition coefficient (Wildman–Crippen LogP) is 4.00. The Morgan fingerprint density at radius 2 is 1.71 bits per heavy atom. The SMILES string of the molecule is CC(=O)Nc1ccc(N(CC2CCCCC2)S(=O)(=O)c2ccccc2N)cc1. The predicted molar refractivity (Wildman–Crippen MR) is 113 cm³/mol. The van der Waals surface area contributed by atoms with E-state index in [1.165, 1.54) is 17.6 Å². The van der Waals surface area contributed by atoms with Gasteiger partial charge in [-0.3, -0.25) is 9.10 Å². The lowest BCUT2D eigenvalue weighted by molar-refractivity contribution is -0.114. The van der Waals surface area contributed by atoms with Crippen molar-refractivity contribution in [2.75, 3.05) is 21.9 Å². The minimum atomic E-state index is -3.80. The van der Waals surface area contributed by atoms with Crippen LogP contribution in [0, 0.1) is 5.92 Å². The van der Waals surface area contributed by atoms with Crippen LogP contribution in [-0.4, -0.2) is 20.9 Å². The summed E-state index contributed by atoms with van der Waals surface area (Å²) in [7, 11) is -3.80. The van der Waals surface area contributed by atoms with E-state index >= 15 is 0 Å². The van der Waals surface area contributed by atoms with Gasteiger partial charge in [0.05, 0.1) is 11.4 Å². The van der Waals surface area contributed by atoms with Crippen LogP contribution in [0.3, 0.4) is 0 Å². The first-order chi connectivity index (χ1) is 13.4. The molecule has 1 amide bonds. The van der Waals surface area contributed by atoms with Crippen LogP contribution in [0.4, 0.5) is 17.1 Å². The van der Waals surface area contributed by atoms with Gasteiger partial charge in [0.2, 0.25) is 5.91 Å². The number of nitrogens with two attached hydrogens (primary N) is 1. The molecule has 0 heterocycles. The minimum absolute atomic E-state index is 0.122. The summed E-state index contributed by atoms with van der Waals surface area (Å²) in [4.78, 5) is 11.4. The van der Waals surface area contributed by atoms with Crippen molar-refractivity contribution in [2.24, 2.45) is 5.92 Å². The Balaban J connectivity index is 1.97. The lowest BCUT2D eigenvalue weighted by Gasteiger charge is -2.31. The Morgan fingerprint density at radius 1 is 1.07 bits per heavy atom. The lowest BCUT2D eigenvalue weighted by atomic mass is 9.89. The van der Waals surface area contributed by atoms with Gasteiger partial charge in [0.15, 0.2) is 0 Å². The fraction of sp³-hybridized carbons (Fsp3) is 0.381. The highest BCUT2D eigenvalue weighted by atomic mass is 32.2. The Labute approximate surface area is 166 Å². The van der Waals surface area contributed by atoms with Crippen molar-refractivity contribution in [3.8, 4) is 0 Å². The molecule has 0 radical (unpaired) electrons. The summed E-state index contributed by atoms with van der Waals surface area (Å²) in [5, 5.41) is 2.70. The average Bonchev–Trinajstić information content (AvgIpc) is 2.67. The molecule has 0 aromatic heterocycles. The van der Waals surface area contributed by atoms with Gasteiger partial charge in [0.1, 0.15) is 4.90 Å². The molecule has 6 nitrogen and oxygen atoms in total. The number of hydrogen-bond acceptors (Lipinski definition) is 4. The second kappa shape index (κ2) is 8.65. The molecule has 3 rings (SSSR count). The summed E-state index contributed by atoms with van der Waals surface area (Å²) in [5.74, 6) is 0.153. The van der Waals surface area contributed by atoms with E-state index in [0.717, 1.165) is 25.7 Å². The quantitative estimate of drug-likeness (QED) is 0.716.